The van der Waals surface area contributed by atoms with Crippen LogP contribution in [0.5, 0.6) is 5.75 Å². The summed E-state index contributed by atoms with van der Waals surface area (Å²) in [6, 6.07) is 7.62. The molecule has 1 fully saturated rings. The van der Waals surface area contributed by atoms with Crippen LogP contribution in [0.4, 0.5) is 4.79 Å². The van der Waals surface area contributed by atoms with E-state index in [1.807, 2.05) is 38.1 Å². The first-order valence-corrected chi connectivity index (χ1v) is 7.94. The number of carbonyl (C=O) groups excluding carboxylic acids is 1. The topological polar surface area (TPSA) is 78.9 Å². The molecular formula is C17H24N2O4. The van der Waals surface area contributed by atoms with Crippen LogP contribution < -0.4 is 10.1 Å². The van der Waals surface area contributed by atoms with E-state index in [9.17, 15) is 9.59 Å². The minimum atomic E-state index is -0.773. The third kappa shape index (κ3) is 5.16. The van der Waals surface area contributed by atoms with E-state index in [-0.39, 0.29) is 18.1 Å². The number of nitrogens with one attached hydrogen (secondary N) is 1. The molecule has 1 aliphatic heterocycles. The minimum Gasteiger partial charge on any atom is -0.489 e. The number of ether oxygens (including phenoxy) is 1. The Hall–Kier alpha value is -2.24. The first kappa shape index (κ1) is 17.1. The Kier molecular flexibility index (Phi) is 5.84. The second kappa shape index (κ2) is 7.85. The van der Waals surface area contributed by atoms with Crippen molar-refractivity contribution in [2.45, 2.75) is 32.8 Å². The molecule has 1 aromatic carbocycles. The van der Waals surface area contributed by atoms with Crippen LogP contribution in [0.15, 0.2) is 24.3 Å². The smallest absolute Gasteiger partial charge is 0.317 e. The number of hydrogen-bond donors (Lipinski definition) is 2. The lowest BCUT2D eigenvalue weighted by molar-refractivity contribution is -0.143. The molecule has 126 valence electrons. The first-order chi connectivity index (χ1) is 11.0. The third-order valence-corrected chi connectivity index (χ3v) is 4.00. The molecule has 0 saturated carbocycles. The lowest BCUT2D eigenvalue weighted by Gasteiger charge is -2.30. The second-order valence-electron chi connectivity index (χ2n) is 6.03. The average molecular weight is 320 g/mol. The zero-order valence-corrected chi connectivity index (χ0v) is 13.6. The van der Waals surface area contributed by atoms with Crippen LogP contribution in [-0.4, -0.2) is 47.7 Å². The molecule has 6 heteroatoms. The number of aliphatic carboxylic acids is 1. The molecule has 0 aromatic heterocycles. The number of amides is 2. The molecule has 0 spiro atoms. The van der Waals surface area contributed by atoms with Crippen molar-refractivity contribution in [2.75, 3.05) is 19.6 Å². The van der Waals surface area contributed by atoms with E-state index in [1.165, 1.54) is 0 Å². The molecule has 0 aliphatic carbocycles. The quantitative estimate of drug-likeness (QED) is 0.872. The van der Waals surface area contributed by atoms with Crippen LogP contribution in [-0.2, 0) is 4.79 Å². The van der Waals surface area contributed by atoms with Crippen LogP contribution in [0.25, 0.3) is 0 Å². The SMILES string of the molecule is Cc1cccc(OC(C)CNC(=O)N2CCC(C(=O)O)CC2)c1. The summed E-state index contributed by atoms with van der Waals surface area (Å²) in [7, 11) is 0. The van der Waals surface area contributed by atoms with E-state index in [2.05, 4.69) is 5.32 Å². The number of carboxylic acid groups (broad SMARTS) is 1. The molecule has 1 aromatic rings. The fraction of sp³-hybridized carbons (Fsp3) is 0.529. The number of carbonyl (C=O) groups is 2. The zero-order valence-electron chi connectivity index (χ0n) is 13.6. The Morgan fingerprint density at radius 1 is 1.39 bits per heavy atom. The van der Waals surface area contributed by atoms with Gasteiger partial charge in [0.25, 0.3) is 0 Å². The van der Waals surface area contributed by atoms with Gasteiger partial charge in [0.05, 0.1) is 12.5 Å². The maximum atomic E-state index is 12.1. The number of benzene rings is 1. The van der Waals surface area contributed by atoms with Gasteiger partial charge in [0.2, 0.25) is 0 Å². The van der Waals surface area contributed by atoms with E-state index in [0.717, 1.165) is 11.3 Å². The Balaban J connectivity index is 1.73. The predicted octanol–water partition coefficient (Wildman–Crippen LogP) is 2.27. The lowest BCUT2D eigenvalue weighted by atomic mass is 9.97. The second-order valence-corrected chi connectivity index (χ2v) is 6.03. The van der Waals surface area contributed by atoms with Gasteiger partial charge in [0.1, 0.15) is 11.9 Å². The van der Waals surface area contributed by atoms with Crippen molar-refractivity contribution < 1.29 is 19.4 Å². The van der Waals surface area contributed by atoms with E-state index >= 15 is 0 Å². The summed E-state index contributed by atoms with van der Waals surface area (Å²) in [6.45, 7) is 5.27. The van der Waals surface area contributed by atoms with Gasteiger partial charge in [-0.3, -0.25) is 4.79 Å². The molecule has 2 amide bonds. The molecule has 1 saturated heterocycles. The molecule has 2 N–H and O–H groups in total. The largest absolute Gasteiger partial charge is 0.489 e. The number of urea groups is 1. The average Bonchev–Trinajstić information content (AvgIpc) is 2.52. The van der Waals surface area contributed by atoms with Gasteiger partial charge in [-0.05, 0) is 44.4 Å². The fourth-order valence-electron chi connectivity index (χ4n) is 2.64. The summed E-state index contributed by atoms with van der Waals surface area (Å²) in [5.74, 6) is -0.318. The van der Waals surface area contributed by atoms with E-state index < -0.39 is 5.97 Å². The lowest BCUT2D eigenvalue weighted by Crippen LogP contribution is -2.47. The Labute approximate surface area is 136 Å². The summed E-state index contributed by atoms with van der Waals surface area (Å²) in [6.07, 6.45) is 0.883. The van der Waals surface area contributed by atoms with Crippen molar-refractivity contribution in [3.63, 3.8) is 0 Å². The highest BCUT2D eigenvalue weighted by molar-refractivity contribution is 5.75. The highest BCUT2D eigenvalue weighted by atomic mass is 16.5. The van der Waals surface area contributed by atoms with Crippen molar-refractivity contribution in [1.82, 2.24) is 10.2 Å². The van der Waals surface area contributed by atoms with Crippen molar-refractivity contribution in [1.29, 1.82) is 0 Å². The van der Waals surface area contributed by atoms with Gasteiger partial charge >= 0.3 is 12.0 Å². The normalized spacial score (nSPS) is 16.7. The Morgan fingerprint density at radius 3 is 2.70 bits per heavy atom. The standard InChI is InChI=1S/C17H24N2O4/c1-12-4-3-5-15(10-12)23-13(2)11-18-17(22)19-8-6-14(7-9-19)16(20)21/h3-5,10,13-14H,6-9,11H2,1-2H3,(H,18,22)(H,20,21). The molecule has 0 bridgehead atoms. The summed E-state index contributed by atoms with van der Waals surface area (Å²) < 4.78 is 5.77. The van der Waals surface area contributed by atoms with Gasteiger partial charge in [0.15, 0.2) is 0 Å². The molecular weight excluding hydrogens is 296 g/mol. The molecule has 1 heterocycles. The van der Waals surface area contributed by atoms with Crippen LogP contribution in [0.3, 0.4) is 0 Å². The minimum absolute atomic E-state index is 0.141. The number of carboxylic acids is 1. The molecule has 1 aliphatic rings. The van der Waals surface area contributed by atoms with E-state index in [1.54, 1.807) is 4.90 Å². The van der Waals surface area contributed by atoms with Crippen molar-refractivity contribution >= 4 is 12.0 Å². The predicted molar refractivity (Wildman–Crippen MR) is 86.6 cm³/mol. The van der Waals surface area contributed by atoms with Crippen LogP contribution in [0.1, 0.15) is 25.3 Å². The molecule has 0 radical (unpaired) electrons. The Bertz CT molecular complexity index is 553. The van der Waals surface area contributed by atoms with E-state index in [4.69, 9.17) is 9.84 Å². The molecule has 1 unspecified atom stereocenters. The number of piperidine rings is 1. The molecule has 6 nitrogen and oxygen atoms in total. The molecule has 1 atom stereocenters. The van der Waals surface area contributed by atoms with Gasteiger partial charge in [-0.1, -0.05) is 12.1 Å². The van der Waals surface area contributed by atoms with Crippen molar-refractivity contribution in [3.05, 3.63) is 29.8 Å². The van der Waals surface area contributed by atoms with Gasteiger partial charge in [-0.25, -0.2) is 4.79 Å². The monoisotopic (exact) mass is 320 g/mol. The number of nitrogens with zero attached hydrogens (tertiary/aromatic N) is 1. The number of likely N-dealkylation sites (tertiary alicyclic amines) is 1. The number of hydrogen-bond acceptors (Lipinski definition) is 3. The van der Waals surface area contributed by atoms with Crippen LogP contribution in [0.2, 0.25) is 0 Å². The number of aryl methyl sites for hydroxylation is 1. The van der Waals surface area contributed by atoms with Gasteiger partial charge < -0.3 is 20.1 Å². The first-order valence-electron chi connectivity index (χ1n) is 7.94. The van der Waals surface area contributed by atoms with Gasteiger partial charge in [0, 0.05) is 13.1 Å². The molecule has 23 heavy (non-hydrogen) atoms. The van der Waals surface area contributed by atoms with Gasteiger partial charge in [-0.2, -0.15) is 0 Å². The van der Waals surface area contributed by atoms with E-state index in [0.29, 0.717) is 32.5 Å². The highest BCUT2D eigenvalue weighted by Gasteiger charge is 2.26. The zero-order chi connectivity index (χ0) is 16.8. The van der Waals surface area contributed by atoms with Crippen molar-refractivity contribution in [2.24, 2.45) is 5.92 Å². The number of rotatable bonds is 5. The van der Waals surface area contributed by atoms with Gasteiger partial charge in [-0.15, -0.1) is 0 Å². The summed E-state index contributed by atoms with van der Waals surface area (Å²) in [5.41, 5.74) is 1.13. The van der Waals surface area contributed by atoms with Crippen LogP contribution >= 0.6 is 0 Å². The Morgan fingerprint density at radius 2 is 2.09 bits per heavy atom. The maximum absolute atomic E-state index is 12.1. The highest BCUT2D eigenvalue weighted by Crippen LogP contribution is 2.17. The third-order valence-electron chi connectivity index (χ3n) is 4.00. The van der Waals surface area contributed by atoms with Crippen LogP contribution in [0, 0.1) is 12.8 Å². The van der Waals surface area contributed by atoms with Crippen molar-refractivity contribution in [3.8, 4) is 5.75 Å². The fourth-order valence-corrected chi connectivity index (χ4v) is 2.64. The summed E-state index contributed by atoms with van der Waals surface area (Å²) in [5, 5.41) is 11.8. The molecule has 2 rings (SSSR count). The maximum Gasteiger partial charge on any atom is 0.317 e. The summed E-state index contributed by atoms with van der Waals surface area (Å²) in [4.78, 5) is 24.7. The summed E-state index contributed by atoms with van der Waals surface area (Å²) >= 11 is 0.